The summed E-state index contributed by atoms with van der Waals surface area (Å²) >= 11 is 0. The van der Waals surface area contributed by atoms with E-state index in [1.54, 1.807) is 13.8 Å². The third kappa shape index (κ3) is 5.61. The van der Waals surface area contributed by atoms with E-state index in [0.717, 1.165) is 0 Å². The minimum absolute atomic E-state index is 0.0444. The number of carbonyl (C=O) groups excluding carboxylic acids is 1. The topological polar surface area (TPSA) is 107 Å². The number of carboxylic acids is 1. The van der Waals surface area contributed by atoms with Gasteiger partial charge in [-0.15, -0.1) is 0 Å². The molecule has 15 heavy (non-hydrogen) atoms. The summed E-state index contributed by atoms with van der Waals surface area (Å²) in [4.78, 5) is 30.8. The number of carbonyl (C=O) groups is 2. The Morgan fingerprint density at radius 3 is 2.33 bits per heavy atom. The Hall–Kier alpha value is -1.66. The maximum Gasteiger partial charge on any atom is 0.382 e. The standard InChI is InChI=1S/C8H13NO6/c1-5(2)4-15-8(12)6(9(13)14)3-7(10)11/h5-6H,3-4H2,1-2H3,(H,10,11). The lowest BCUT2D eigenvalue weighted by Crippen LogP contribution is -2.34. The predicted octanol–water partition coefficient (Wildman–Crippen LogP) is 0.306. The van der Waals surface area contributed by atoms with Gasteiger partial charge in [-0.1, -0.05) is 13.8 Å². The molecular weight excluding hydrogens is 206 g/mol. The number of carboxylic acid groups (broad SMARTS) is 1. The zero-order chi connectivity index (χ0) is 12.0. The Balaban J connectivity index is 4.30. The molecule has 0 aliphatic carbocycles. The van der Waals surface area contributed by atoms with Crippen LogP contribution < -0.4 is 0 Å². The number of hydrogen-bond acceptors (Lipinski definition) is 5. The number of ether oxygens (including phenoxy) is 1. The molecule has 0 spiro atoms. The average Bonchev–Trinajstić information content (AvgIpc) is 2.09. The van der Waals surface area contributed by atoms with Crippen molar-refractivity contribution in [2.24, 2.45) is 5.92 Å². The van der Waals surface area contributed by atoms with Crippen molar-refractivity contribution in [3.63, 3.8) is 0 Å². The molecule has 0 aliphatic rings. The molecule has 0 aromatic rings. The van der Waals surface area contributed by atoms with Gasteiger partial charge in [-0.25, -0.2) is 4.79 Å². The van der Waals surface area contributed by atoms with Crippen molar-refractivity contribution in [2.75, 3.05) is 6.61 Å². The van der Waals surface area contributed by atoms with Crippen molar-refractivity contribution in [3.05, 3.63) is 10.1 Å². The fourth-order valence-electron chi connectivity index (χ4n) is 0.754. The van der Waals surface area contributed by atoms with Crippen molar-refractivity contribution < 1.29 is 24.4 Å². The Bertz CT molecular complexity index is 262. The molecular formula is C8H13NO6. The molecule has 0 amide bonds. The smallest absolute Gasteiger partial charge is 0.382 e. The van der Waals surface area contributed by atoms with Gasteiger partial charge in [0.2, 0.25) is 0 Å². The third-order valence-electron chi connectivity index (χ3n) is 1.45. The van der Waals surface area contributed by atoms with Crippen LogP contribution in [0.1, 0.15) is 20.3 Å². The predicted molar refractivity (Wildman–Crippen MR) is 48.8 cm³/mol. The van der Waals surface area contributed by atoms with E-state index in [9.17, 15) is 19.7 Å². The molecule has 0 fully saturated rings. The van der Waals surface area contributed by atoms with Gasteiger partial charge in [0.1, 0.15) is 6.42 Å². The second kappa shape index (κ2) is 5.94. The second-order valence-electron chi connectivity index (χ2n) is 3.42. The molecule has 0 saturated heterocycles. The van der Waals surface area contributed by atoms with Crippen LogP contribution in [0.4, 0.5) is 0 Å². The monoisotopic (exact) mass is 219 g/mol. The first-order valence-electron chi connectivity index (χ1n) is 4.36. The largest absolute Gasteiger partial charge is 0.481 e. The van der Waals surface area contributed by atoms with Gasteiger partial charge in [0.15, 0.2) is 0 Å². The van der Waals surface area contributed by atoms with Crippen LogP contribution >= 0.6 is 0 Å². The zero-order valence-electron chi connectivity index (χ0n) is 8.50. The molecule has 0 bridgehead atoms. The number of nitro groups is 1. The maximum absolute atomic E-state index is 11.1. The molecule has 1 unspecified atom stereocenters. The van der Waals surface area contributed by atoms with Crippen LogP contribution in [0.15, 0.2) is 0 Å². The van der Waals surface area contributed by atoms with E-state index >= 15 is 0 Å². The van der Waals surface area contributed by atoms with Crippen molar-refractivity contribution >= 4 is 11.9 Å². The molecule has 0 heterocycles. The fraction of sp³-hybridized carbons (Fsp3) is 0.750. The van der Waals surface area contributed by atoms with Crippen LogP contribution in [0.3, 0.4) is 0 Å². The number of esters is 1. The van der Waals surface area contributed by atoms with Gasteiger partial charge >= 0.3 is 18.0 Å². The maximum atomic E-state index is 11.1. The number of rotatable bonds is 6. The van der Waals surface area contributed by atoms with Gasteiger partial charge < -0.3 is 9.84 Å². The normalized spacial score (nSPS) is 12.2. The summed E-state index contributed by atoms with van der Waals surface area (Å²) in [6, 6.07) is -1.82. The van der Waals surface area contributed by atoms with E-state index in [-0.39, 0.29) is 12.5 Å². The Kier molecular flexibility index (Phi) is 5.29. The first-order chi connectivity index (χ1) is 6.84. The number of aliphatic carboxylic acids is 1. The molecule has 0 aromatic carbocycles. The third-order valence-corrected chi connectivity index (χ3v) is 1.45. The highest BCUT2D eigenvalue weighted by Gasteiger charge is 2.34. The van der Waals surface area contributed by atoms with Crippen LogP contribution in [0.2, 0.25) is 0 Å². The summed E-state index contributed by atoms with van der Waals surface area (Å²) in [6.45, 7) is 3.58. The summed E-state index contributed by atoms with van der Waals surface area (Å²) < 4.78 is 4.58. The van der Waals surface area contributed by atoms with Gasteiger partial charge in [-0.2, -0.15) is 0 Å². The van der Waals surface area contributed by atoms with Crippen LogP contribution in [0, 0.1) is 16.0 Å². The van der Waals surface area contributed by atoms with E-state index in [4.69, 9.17) is 5.11 Å². The number of nitrogens with zero attached hydrogens (tertiary/aromatic N) is 1. The van der Waals surface area contributed by atoms with Gasteiger partial charge in [0.25, 0.3) is 0 Å². The quantitative estimate of drug-likeness (QED) is 0.391. The Morgan fingerprint density at radius 2 is 2.00 bits per heavy atom. The lowest BCUT2D eigenvalue weighted by Gasteiger charge is -2.09. The van der Waals surface area contributed by atoms with Gasteiger partial charge in [-0.05, 0) is 5.92 Å². The fourth-order valence-corrected chi connectivity index (χ4v) is 0.754. The molecule has 0 aliphatic heterocycles. The minimum Gasteiger partial charge on any atom is -0.481 e. The van der Waals surface area contributed by atoms with E-state index in [2.05, 4.69) is 4.74 Å². The van der Waals surface area contributed by atoms with Gasteiger partial charge in [-0.3, -0.25) is 14.9 Å². The highest BCUT2D eigenvalue weighted by atomic mass is 16.6. The molecule has 7 nitrogen and oxygen atoms in total. The lowest BCUT2D eigenvalue weighted by molar-refractivity contribution is -0.509. The number of hydrogen-bond donors (Lipinski definition) is 1. The molecule has 1 N–H and O–H groups in total. The summed E-state index contributed by atoms with van der Waals surface area (Å²) in [7, 11) is 0. The van der Waals surface area contributed by atoms with Crippen LogP contribution in [-0.2, 0) is 14.3 Å². The van der Waals surface area contributed by atoms with Crippen molar-refractivity contribution in [3.8, 4) is 0 Å². The lowest BCUT2D eigenvalue weighted by atomic mass is 10.2. The van der Waals surface area contributed by atoms with Crippen LogP contribution in [0.5, 0.6) is 0 Å². The first kappa shape index (κ1) is 13.3. The highest BCUT2D eigenvalue weighted by molar-refractivity contribution is 5.80. The summed E-state index contributed by atoms with van der Waals surface area (Å²) in [5.74, 6) is -2.46. The first-order valence-corrected chi connectivity index (χ1v) is 4.36. The molecule has 7 heteroatoms. The van der Waals surface area contributed by atoms with Crippen LogP contribution in [-0.4, -0.2) is 34.6 Å². The average molecular weight is 219 g/mol. The molecule has 0 saturated carbocycles. The second-order valence-corrected chi connectivity index (χ2v) is 3.42. The van der Waals surface area contributed by atoms with Crippen molar-refractivity contribution in [1.82, 2.24) is 0 Å². The summed E-state index contributed by atoms with van der Waals surface area (Å²) in [5.41, 5.74) is 0. The van der Waals surface area contributed by atoms with E-state index in [1.165, 1.54) is 0 Å². The SMILES string of the molecule is CC(C)COC(=O)C(CC(=O)O)[N+](=O)[O-]. The van der Waals surface area contributed by atoms with E-state index in [0.29, 0.717) is 0 Å². The summed E-state index contributed by atoms with van der Waals surface area (Å²) in [6.07, 6.45) is -0.857. The van der Waals surface area contributed by atoms with E-state index in [1.807, 2.05) is 0 Å². The molecule has 86 valence electrons. The molecule has 0 radical (unpaired) electrons. The molecule has 0 rings (SSSR count). The highest BCUT2D eigenvalue weighted by Crippen LogP contribution is 2.02. The minimum atomic E-state index is -1.82. The van der Waals surface area contributed by atoms with Gasteiger partial charge in [0.05, 0.1) is 6.61 Å². The Morgan fingerprint density at radius 1 is 1.47 bits per heavy atom. The Labute approximate surface area is 86.2 Å². The molecule has 1 atom stereocenters. The van der Waals surface area contributed by atoms with E-state index < -0.39 is 29.3 Å². The van der Waals surface area contributed by atoms with Crippen LogP contribution in [0.25, 0.3) is 0 Å². The summed E-state index contributed by atoms with van der Waals surface area (Å²) in [5, 5.41) is 18.7. The van der Waals surface area contributed by atoms with Crippen molar-refractivity contribution in [1.29, 1.82) is 0 Å². The zero-order valence-corrected chi connectivity index (χ0v) is 8.50. The van der Waals surface area contributed by atoms with Gasteiger partial charge in [0, 0.05) is 4.92 Å². The van der Waals surface area contributed by atoms with Crippen molar-refractivity contribution in [2.45, 2.75) is 26.3 Å². The molecule has 0 aromatic heterocycles.